The Labute approximate surface area is 167 Å². The summed E-state index contributed by atoms with van der Waals surface area (Å²) in [5.41, 5.74) is 2.23. The van der Waals surface area contributed by atoms with Crippen molar-refractivity contribution >= 4 is 23.5 Å². The van der Waals surface area contributed by atoms with E-state index in [1.54, 1.807) is 49.6 Å². The molecule has 2 aromatic heterocycles. The lowest BCUT2D eigenvalue weighted by Crippen LogP contribution is -2.26. The summed E-state index contributed by atoms with van der Waals surface area (Å²) in [5.74, 6) is -0.256. The van der Waals surface area contributed by atoms with Crippen LogP contribution in [-0.4, -0.2) is 20.9 Å². The molecule has 0 aliphatic rings. The van der Waals surface area contributed by atoms with Gasteiger partial charge in [-0.2, -0.15) is 5.26 Å². The molecular formula is C21H17ClN4O2. The van der Waals surface area contributed by atoms with Crippen molar-refractivity contribution in [3.63, 3.8) is 0 Å². The van der Waals surface area contributed by atoms with Gasteiger partial charge in [0.25, 0.3) is 5.56 Å². The van der Waals surface area contributed by atoms with Gasteiger partial charge in [0.1, 0.15) is 11.6 Å². The van der Waals surface area contributed by atoms with Crippen molar-refractivity contribution < 1.29 is 5.11 Å². The van der Waals surface area contributed by atoms with Crippen LogP contribution in [0.25, 0.3) is 0 Å². The number of hydrogen-bond donors (Lipinski definition) is 1. The third kappa shape index (κ3) is 3.66. The van der Waals surface area contributed by atoms with Crippen molar-refractivity contribution in [3.8, 4) is 11.9 Å². The van der Waals surface area contributed by atoms with Gasteiger partial charge in [0, 0.05) is 23.6 Å². The van der Waals surface area contributed by atoms with Gasteiger partial charge in [0.05, 0.1) is 17.8 Å². The zero-order valence-electron chi connectivity index (χ0n) is 15.3. The molecule has 2 heterocycles. The van der Waals surface area contributed by atoms with E-state index in [9.17, 15) is 15.2 Å². The molecule has 0 saturated heterocycles. The monoisotopic (exact) mass is 392 g/mol. The average molecular weight is 393 g/mol. The minimum atomic E-state index is -0.558. The molecule has 3 rings (SSSR count). The third-order valence-electron chi connectivity index (χ3n) is 4.48. The number of hydrogen-bond acceptors (Lipinski definition) is 5. The molecule has 0 radical (unpaired) electrons. The molecular weight excluding hydrogens is 376 g/mol. The lowest BCUT2D eigenvalue weighted by atomic mass is 10.1. The molecule has 3 aromatic rings. The summed E-state index contributed by atoms with van der Waals surface area (Å²) in [6.45, 7) is 3.54. The van der Waals surface area contributed by atoms with Crippen molar-refractivity contribution in [1.29, 1.82) is 5.26 Å². The largest absolute Gasteiger partial charge is 0.494 e. The van der Waals surface area contributed by atoms with Gasteiger partial charge in [-0.25, -0.2) is 0 Å². The first-order valence-corrected chi connectivity index (χ1v) is 8.86. The molecule has 1 aromatic carbocycles. The van der Waals surface area contributed by atoms with Crippen LogP contribution >= 0.6 is 11.6 Å². The lowest BCUT2D eigenvalue weighted by molar-refractivity contribution is 0.413. The van der Waals surface area contributed by atoms with Crippen LogP contribution in [0.5, 0.6) is 5.88 Å². The quantitative estimate of drug-likeness (QED) is 0.682. The maximum Gasteiger partial charge on any atom is 0.271 e. The Hall–Kier alpha value is -3.43. The zero-order chi connectivity index (χ0) is 20.3. The maximum atomic E-state index is 12.7. The Bertz CT molecular complexity index is 1160. The molecule has 0 atom stereocenters. The first-order valence-electron chi connectivity index (χ1n) is 8.48. The van der Waals surface area contributed by atoms with Crippen LogP contribution in [0.1, 0.15) is 27.8 Å². The van der Waals surface area contributed by atoms with E-state index in [2.05, 4.69) is 9.98 Å². The number of rotatable bonds is 4. The van der Waals surface area contributed by atoms with Crippen LogP contribution in [0, 0.1) is 25.2 Å². The van der Waals surface area contributed by atoms with Crippen LogP contribution in [0.4, 0.5) is 5.69 Å². The van der Waals surface area contributed by atoms with E-state index < -0.39 is 5.56 Å². The van der Waals surface area contributed by atoms with E-state index in [0.717, 1.165) is 15.7 Å². The molecule has 7 heteroatoms. The van der Waals surface area contributed by atoms with Crippen LogP contribution < -0.4 is 5.56 Å². The Kier molecular flexibility index (Phi) is 5.57. The molecule has 140 valence electrons. The highest BCUT2D eigenvalue weighted by Gasteiger charge is 2.18. The van der Waals surface area contributed by atoms with E-state index in [4.69, 9.17) is 11.6 Å². The number of aromatic hydroxyl groups is 1. The number of halogens is 1. The molecule has 0 aliphatic carbocycles. The van der Waals surface area contributed by atoms with Gasteiger partial charge in [-0.3, -0.25) is 19.3 Å². The minimum absolute atomic E-state index is 0.0362. The molecule has 0 bridgehead atoms. The smallest absolute Gasteiger partial charge is 0.271 e. The van der Waals surface area contributed by atoms with E-state index >= 15 is 0 Å². The van der Waals surface area contributed by atoms with E-state index in [0.29, 0.717) is 21.8 Å². The highest BCUT2D eigenvalue weighted by molar-refractivity contribution is 6.31. The van der Waals surface area contributed by atoms with Crippen molar-refractivity contribution in [2.75, 3.05) is 0 Å². The van der Waals surface area contributed by atoms with Crippen molar-refractivity contribution in [1.82, 2.24) is 9.55 Å². The van der Waals surface area contributed by atoms with Gasteiger partial charge in [0.15, 0.2) is 0 Å². The molecule has 0 fully saturated rings. The molecule has 0 spiro atoms. The Morgan fingerprint density at radius 1 is 1.29 bits per heavy atom. The predicted octanol–water partition coefficient (Wildman–Crippen LogP) is 3.89. The standard InChI is InChI=1S/C21H17ClN4O2/c1-13-16(9-23)20(27)26(12-15-5-4-8-24-10-15)21(28)17(13)11-25-19-7-3-6-18(22)14(19)2/h3-8,10-11,28H,12H2,1-2H3. The lowest BCUT2D eigenvalue weighted by Gasteiger charge is -2.14. The van der Waals surface area contributed by atoms with Gasteiger partial charge in [-0.15, -0.1) is 0 Å². The summed E-state index contributed by atoms with van der Waals surface area (Å²) in [5, 5.41) is 20.8. The molecule has 0 unspecified atom stereocenters. The van der Waals surface area contributed by atoms with Crippen LogP contribution in [0.2, 0.25) is 5.02 Å². The average Bonchev–Trinajstić information content (AvgIpc) is 2.69. The first kappa shape index (κ1) is 19.3. The molecule has 0 amide bonds. The normalized spacial score (nSPS) is 10.9. The van der Waals surface area contributed by atoms with Crippen molar-refractivity contribution in [2.45, 2.75) is 20.4 Å². The van der Waals surface area contributed by atoms with E-state index in [1.807, 2.05) is 13.0 Å². The summed E-state index contributed by atoms with van der Waals surface area (Å²) in [4.78, 5) is 21.1. The van der Waals surface area contributed by atoms with Gasteiger partial charge in [0.2, 0.25) is 5.88 Å². The Morgan fingerprint density at radius 2 is 2.07 bits per heavy atom. The predicted molar refractivity (Wildman–Crippen MR) is 109 cm³/mol. The Morgan fingerprint density at radius 3 is 2.75 bits per heavy atom. The number of aromatic nitrogens is 2. The number of pyridine rings is 2. The van der Waals surface area contributed by atoms with Crippen molar-refractivity contribution in [2.24, 2.45) is 4.99 Å². The SMILES string of the molecule is Cc1c(Cl)cccc1N=Cc1c(C)c(C#N)c(=O)n(Cc2cccnc2)c1O. The molecule has 0 aliphatic heterocycles. The fraction of sp³-hybridized carbons (Fsp3) is 0.143. The summed E-state index contributed by atoms with van der Waals surface area (Å²) in [6.07, 6.45) is 4.66. The van der Waals surface area contributed by atoms with Gasteiger partial charge < -0.3 is 5.11 Å². The molecule has 28 heavy (non-hydrogen) atoms. The highest BCUT2D eigenvalue weighted by atomic mass is 35.5. The second-order valence-electron chi connectivity index (χ2n) is 6.24. The summed E-state index contributed by atoms with van der Waals surface area (Å²) in [7, 11) is 0. The molecule has 1 N–H and O–H groups in total. The van der Waals surface area contributed by atoms with Gasteiger partial charge in [-0.05, 0) is 48.7 Å². The Balaban J connectivity index is 2.14. The highest BCUT2D eigenvalue weighted by Crippen LogP contribution is 2.27. The number of nitriles is 1. The number of nitrogens with zero attached hydrogens (tertiary/aromatic N) is 4. The summed E-state index contributed by atoms with van der Waals surface area (Å²) >= 11 is 6.12. The maximum absolute atomic E-state index is 12.7. The molecule has 6 nitrogen and oxygen atoms in total. The van der Waals surface area contributed by atoms with E-state index in [1.165, 1.54) is 6.21 Å². The van der Waals surface area contributed by atoms with E-state index in [-0.39, 0.29) is 18.0 Å². The topological polar surface area (TPSA) is 91.3 Å². The fourth-order valence-electron chi connectivity index (χ4n) is 2.82. The minimum Gasteiger partial charge on any atom is -0.494 e. The van der Waals surface area contributed by atoms with Gasteiger partial charge >= 0.3 is 0 Å². The van der Waals surface area contributed by atoms with Crippen LogP contribution in [-0.2, 0) is 6.54 Å². The molecule has 0 saturated carbocycles. The second-order valence-corrected chi connectivity index (χ2v) is 6.65. The third-order valence-corrected chi connectivity index (χ3v) is 4.89. The number of benzene rings is 1. The zero-order valence-corrected chi connectivity index (χ0v) is 16.1. The fourth-order valence-corrected chi connectivity index (χ4v) is 2.99. The number of aliphatic imine (C=N–C) groups is 1. The van der Waals surface area contributed by atoms with Crippen molar-refractivity contribution in [3.05, 3.63) is 85.9 Å². The summed E-state index contributed by atoms with van der Waals surface area (Å²) < 4.78 is 1.15. The van der Waals surface area contributed by atoms with Gasteiger partial charge in [-0.1, -0.05) is 23.7 Å². The van der Waals surface area contributed by atoms with Crippen LogP contribution in [0.3, 0.4) is 0 Å². The first-order chi connectivity index (χ1) is 13.4. The van der Waals surface area contributed by atoms with Crippen LogP contribution in [0.15, 0.2) is 52.5 Å². The second kappa shape index (κ2) is 8.07. The summed E-state index contributed by atoms with van der Waals surface area (Å²) in [6, 6.07) is 10.8.